The summed E-state index contributed by atoms with van der Waals surface area (Å²) in [5.74, 6) is 1.91. The number of nitrogens with one attached hydrogen (secondary N) is 1. The molecular formula is C29H28N2O3S. The number of para-hydroxylation sites is 1. The molecule has 0 fully saturated rings. The second kappa shape index (κ2) is 9.19. The van der Waals surface area contributed by atoms with E-state index in [1.807, 2.05) is 61.7 Å². The van der Waals surface area contributed by atoms with E-state index in [2.05, 4.69) is 41.5 Å². The number of amides is 1. The van der Waals surface area contributed by atoms with E-state index in [0.717, 1.165) is 29.0 Å². The van der Waals surface area contributed by atoms with Crippen LogP contribution in [-0.2, 0) is 11.2 Å². The fraction of sp³-hybridized carbons (Fsp3) is 0.241. The van der Waals surface area contributed by atoms with Gasteiger partial charge in [-0.3, -0.25) is 4.79 Å². The van der Waals surface area contributed by atoms with Gasteiger partial charge in [0.1, 0.15) is 17.2 Å². The van der Waals surface area contributed by atoms with Gasteiger partial charge in [0.25, 0.3) is 0 Å². The summed E-state index contributed by atoms with van der Waals surface area (Å²) in [5.41, 5.74) is 4.56. The molecule has 1 aliphatic heterocycles. The fourth-order valence-corrected chi connectivity index (χ4v) is 5.30. The molecule has 1 atom stereocenters. The summed E-state index contributed by atoms with van der Waals surface area (Å²) in [4.78, 5) is 18.4. The van der Waals surface area contributed by atoms with Gasteiger partial charge in [0.15, 0.2) is 5.13 Å². The van der Waals surface area contributed by atoms with E-state index in [-0.39, 0.29) is 11.8 Å². The summed E-state index contributed by atoms with van der Waals surface area (Å²) in [5, 5.41) is 5.70. The number of carbonyl (C=O) groups excluding carboxylic acids is 1. The zero-order valence-electron chi connectivity index (χ0n) is 20.3. The predicted molar refractivity (Wildman–Crippen MR) is 140 cm³/mol. The smallest absolute Gasteiger partial charge is 0.232 e. The largest absolute Gasteiger partial charge is 0.497 e. The Balaban J connectivity index is 1.41. The van der Waals surface area contributed by atoms with Crippen molar-refractivity contribution in [2.24, 2.45) is 5.41 Å². The van der Waals surface area contributed by atoms with Crippen LogP contribution in [0.2, 0.25) is 0 Å². The van der Waals surface area contributed by atoms with Gasteiger partial charge < -0.3 is 14.8 Å². The lowest BCUT2D eigenvalue weighted by atomic mass is 9.69. The Morgan fingerprint density at radius 2 is 1.80 bits per heavy atom. The molecule has 0 bridgehead atoms. The summed E-state index contributed by atoms with van der Waals surface area (Å²) in [6.45, 7) is 6.03. The summed E-state index contributed by atoms with van der Waals surface area (Å²) < 4.78 is 11.6. The van der Waals surface area contributed by atoms with Crippen molar-refractivity contribution in [2.45, 2.75) is 33.1 Å². The molecule has 0 saturated carbocycles. The number of nitrogens with zero attached hydrogens (tertiary/aromatic N) is 1. The van der Waals surface area contributed by atoms with Crippen LogP contribution < -0.4 is 14.8 Å². The number of thiazole rings is 1. The summed E-state index contributed by atoms with van der Waals surface area (Å²) in [6.07, 6.45) is 0.735. The minimum Gasteiger partial charge on any atom is -0.497 e. The van der Waals surface area contributed by atoms with Crippen molar-refractivity contribution in [2.75, 3.05) is 12.4 Å². The summed E-state index contributed by atoms with van der Waals surface area (Å²) in [6, 6.07) is 22.1. The van der Waals surface area contributed by atoms with Gasteiger partial charge in [-0.15, -0.1) is 11.3 Å². The molecule has 6 heteroatoms. The first-order chi connectivity index (χ1) is 16.8. The Morgan fingerprint density at radius 1 is 1.06 bits per heavy atom. The first-order valence-electron chi connectivity index (χ1n) is 11.6. The molecule has 178 valence electrons. The van der Waals surface area contributed by atoms with Crippen molar-refractivity contribution < 1.29 is 14.3 Å². The van der Waals surface area contributed by atoms with Crippen molar-refractivity contribution in [3.63, 3.8) is 0 Å². The highest BCUT2D eigenvalue weighted by Crippen LogP contribution is 2.52. The first kappa shape index (κ1) is 23.1. The van der Waals surface area contributed by atoms with Gasteiger partial charge >= 0.3 is 0 Å². The molecule has 1 aliphatic rings. The number of rotatable bonds is 6. The molecule has 0 aliphatic carbocycles. The third kappa shape index (κ3) is 4.54. The maximum Gasteiger partial charge on any atom is 0.232 e. The van der Waals surface area contributed by atoms with Gasteiger partial charge in [-0.25, -0.2) is 4.98 Å². The van der Waals surface area contributed by atoms with Crippen molar-refractivity contribution in [3.05, 3.63) is 100 Å². The number of hydrogen-bond acceptors (Lipinski definition) is 5. The van der Waals surface area contributed by atoms with Crippen LogP contribution in [0, 0.1) is 12.3 Å². The standard InChI is InChI=1S/C29H28N2O3S/c1-18-9-11-19(12-10-18)15-20-17-35-28(30-20)31-27(32)29(2,3)26-22-7-5-6-8-24(22)34-25-16-21(33-4)13-14-23(25)26/h5-14,16-17,26H,15H2,1-4H3,(H,30,31,32). The molecule has 4 aromatic rings. The molecule has 5 rings (SSSR count). The highest BCUT2D eigenvalue weighted by atomic mass is 32.1. The number of aromatic nitrogens is 1. The molecule has 0 radical (unpaired) electrons. The van der Waals surface area contributed by atoms with Crippen molar-refractivity contribution in [1.82, 2.24) is 4.98 Å². The number of anilines is 1. The number of fused-ring (bicyclic) bond motifs is 2. The van der Waals surface area contributed by atoms with E-state index in [1.54, 1.807) is 7.11 Å². The van der Waals surface area contributed by atoms with Crippen LogP contribution in [0.3, 0.4) is 0 Å². The second-order valence-electron chi connectivity index (χ2n) is 9.46. The Labute approximate surface area is 209 Å². The molecule has 1 unspecified atom stereocenters. The fourth-order valence-electron chi connectivity index (χ4n) is 4.59. The SMILES string of the molecule is COc1ccc2c(c1)Oc1ccccc1C2C(C)(C)C(=O)Nc1nc(Cc2ccc(C)cc2)cs1. The van der Waals surface area contributed by atoms with Crippen LogP contribution in [0.1, 0.15) is 47.7 Å². The Hall–Kier alpha value is -3.64. The van der Waals surface area contributed by atoms with Crippen LogP contribution in [0.15, 0.2) is 72.1 Å². The minimum atomic E-state index is -0.772. The highest BCUT2D eigenvalue weighted by molar-refractivity contribution is 7.13. The molecule has 0 saturated heterocycles. The zero-order chi connectivity index (χ0) is 24.6. The number of hydrogen-bond donors (Lipinski definition) is 1. The van der Waals surface area contributed by atoms with Gasteiger partial charge in [-0.2, -0.15) is 0 Å². The van der Waals surface area contributed by atoms with Gasteiger partial charge in [0, 0.05) is 34.9 Å². The quantitative estimate of drug-likeness (QED) is 0.322. The van der Waals surface area contributed by atoms with Crippen LogP contribution in [0.4, 0.5) is 5.13 Å². The molecule has 1 aromatic heterocycles. The van der Waals surface area contributed by atoms with Crippen LogP contribution >= 0.6 is 11.3 Å². The highest BCUT2D eigenvalue weighted by Gasteiger charge is 2.43. The minimum absolute atomic E-state index is 0.0859. The topological polar surface area (TPSA) is 60.5 Å². The lowest BCUT2D eigenvalue weighted by Gasteiger charge is -2.38. The number of aryl methyl sites for hydroxylation is 1. The van der Waals surface area contributed by atoms with E-state index in [4.69, 9.17) is 9.47 Å². The molecule has 1 N–H and O–H groups in total. The van der Waals surface area contributed by atoms with Crippen LogP contribution in [0.25, 0.3) is 0 Å². The molecule has 5 nitrogen and oxygen atoms in total. The van der Waals surface area contributed by atoms with Crippen molar-refractivity contribution in [1.29, 1.82) is 0 Å². The normalized spacial score (nSPS) is 14.5. The third-order valence-corrected chi connectivity index (χ3v) is 7.37. The molecule has 0 spiro atoms. The zero-order valence-corrected chi connectivity index (χ0v) is 21.1. The number of ether oxygens (including phenoxy) is 2. The van der Waals surface area contributed by atoms with Gasteiger partial charge in [0.05, 0.1) is 18.2 Å². The molecule has 2 heterocycles. The Kier molecular flexibility index (Phi) is 6.07. The molecular weight excluding hydrogens is 456 g/mol. The average Bonchev–Trinajstić information content (AvgIpc) is 3.29. The Morgan fingerprint density at radius 3 is 2.57 bits per heavy atom. The van der Waals surface area contributed by atoms with Crippen LogP contribution in [-0.4, -0.2) is 18.0 Å². The molecule has 1 amide bonds. The van der Waals surface area contributed by atoms with Crippen molar-refractivity contribution >= 4 is 22.4 Å². The van der Waals surface area contributed by atoms with E-state index in [0.29, 0.717) is 16.6 Å². The first-order valence-corrected chi connectivity index (χ1v) is 12.5. The van der Waals surface area contributed by atoms with E-state index < -0.39 is 5.41 Å². The van der Waals surface area contributed by atoms with Crippen molar-refractivity contribution in [3.8, 4) is 17.2 Å². The third-order valence-electron chi connectivity index (χ3n) is 6.57. The maximum atomic E-state index is 13.7. The van der Waals surface area contributed by atoms with E-state index in [1.165, 1.54) is 22.5 Å². The second-order valence-corrected chi connectivity index (χ2v) is 10.3. The maximum absolute atomic E-state index is 13.7. The van der Waals surface area contributed by atoms with E-state index in [9.17, 15) is 4.79 Å². The lowest BCUT2D eigenvalue weighted by Crippen LogP contribution is -2.38. The van der Waals surface area contributed by atoms with E-state index >= 15 is 0 Å². The molecule has 3 aromatic carbocycles. The predicted octanol–water partition coefficient (Wildman–Crippen LogP) is 6.95. The number of carbonyl (C=O) groups is 1. The van der Waals surface area contributed by atoms with Gasteiger partial charge in [-0.1, -0.05) is 67.9 Å². The average molecular weight is 485 g/mol. The Bertz CT molecular complexity index is 1370. The number of methoxy groups -OCH3 is 1. The molecule has 35 heavy (non-hydrogen) atoms. The van der Waals surface area contributed by atoms with Crippen LogP contribution in [0.5, 0.6) is 17.2 Å². The summed E-state index contributed by atoms with van der Waals surface area (Å²) >= 11 is 1.45. The summed E-state index contributed by atoms with van der Waals surface area (Å²) in [7, 11) is 1.63. The number of benzene rings is 3. The lowest BCUT2D eigenvalue weighted by molar-refractivity contribution is -0.124. The van der Waals surface area contributed by atoms with Gasteiger partial charge in [-0.05, 0) is 24.6 Å². The monoisotopic (exact) mass is 484 g/mol. The van der Waals surface area contributed by atoms with Gasteiger partial charge in [0.2, 0.25) is 5.91 Å².